The van der Waals surface area contributed by atoms with Crippen molar-refractivity contribution in [3.8, 4) is 5.75 Å². The lowest BCUT2D eigenvalue weighted by atomic mass is 9.96. The summed E-state index contributed by atoms with van der Waals surface area (Å²) >= 11 is -1.10. The van der Waals surface area contributed by atoms with Crippen molar-refractivity contribution < 1.29 is 14.1 Å². The zero-order valence-corrected chi connectivity index (χ0v) is 13.2. The number of hydrazine groups is 1. The highest BCUT2D eigenvalue weighted by molar-refractivity contribution is 7.90. The van der Waals surface area contributed by atoms with Gasteiger partial charge in [-0.3, -0.25) is 10.2 Å². The highest BCUT2D eigenvalue weighted by Crippen LogP contribution is 2.25. The maximum absolute atomic E-state index is 11.7. The van der Waals surface area contributed by atoms with Crippen molar-refractivity contribution in [1.82, 2.24) is 10.9 Å². The Morgan fingerprint density at radius 3 is 2.86 bits per heavy atom. The van der Waals surface area contributed by atoms with Gasteiger partial charge in [0.1, 0.15) is 6.26 Å². The molecule has 0 aliphatic carbocycles. The lowest BCUT2D eigenvalue weighted by molar-refractivity contribution is -0.125. The summed E-state index contributed by atoms with van der Waals surface area (Å²) in [4.78, 5) is 11.9. The molecule has 1 fully saturated rings. The van der Waals surface area contributed by atoms with Crippen molar-refractivity contribution in [3.63, 3.8) is 0 Å². The number of carbonyl (C=O) groups is 1. The van der Waals surface area contributed by atoms with E-state index in [0.29, 0.717) is 17.1 Å². The fourth-order valence-electron chi connectivity index (χ4n) is 2.25. The van der Waals surface area contributed by atoms with E-state index in [0.717, 1.165) is 5.56 Å². The molecule has 6 heteroatoms. The van der Waals surface area contributed by atoms with Crippen molar-refractivity contribution >= 4 is 23.2 Å². The zero-order chi connectivity index (χ0) is 15.4. The van der Waals surface area contributed by atoms with E-state index in [1.165, 1.54) is 0 Å². The fourth-order valence-corrected chi connectivity index (χ4v) is 2.99. The van der Waals surface area contributed by atoms with Crippen LogP contribution in [0, 0.1) is 5.92 Å². The molecule has 1 aromatic rings. The number of ether oxygens (including phenoxy) is 1. The van der Waals surface area contributed by atoms with Gasteiger partial charge in [-0.1, -0.05) is 25.1 Å². The molecule has 1 aliphatic rings. The minimum atomic E-state index is -1.10. The van der Waals surface area contributed by atoms with Crippen molar-refractivity contribution in [2.24, 2.45) is 5.92 Å². The summed E-state index contributed by atoms with van der Waals surface area (Å²) in [7, 11) is 1.57. The third-order valence-electron chi connectivity index (χ3n) is 3.49. The predicted octanol–water partition coefficient (Wildman–Crippen LogP) is 1.48. The summed E-state index contributed by atoms with van der Waals surface area (Å²) in [5, 5.41) is 0. The Morgan fingerprint density at radius 1 is 1.48 bits per heavy atom. The molecule has 1 aliphatic heterocycles. The van der Waals surface area contributed by atoms with Crippen LogP contribution in [0.3, 0.4) is 0 Å². The molecule has 1 amide bonds. The van der Waals surface area contributed by atoms with E-state index >= 15 is 0 Å². The van der Waals surface area contributed by atoms with Crippen LogP contribution in [0.2, 0.25) is 0 Å². The highest BCUT2D eigenvalue weighted by atomic mass is 32.2. The van der Waals surface area contributed by atoms with E-state index in [1.807, 2.05) is 37.3 Å². The first kappa shape index (κ1) is 15.9. The minimum absolute atomic E-state index is 0.0141. The quantitative estimate of drug-likeness (QED) is 0.826. The molecule has 0 bridgehead atoms. The summed E-state index contributed by atoms with van der Waals surface area (Å²) in [5.41, 5.74) is 6.57. The number of carbonyl (C=O) groups excluding carboxylic acids is 1. The van der Waals surface area contributed by atoms with Gasteiger partial charge in [-0.05, 0) is 28.7 Å². The molecule has 1 aromatic carbocycles. The molecule has 21 heavy (non-hydrogen) atoms. The van der Waals surface area contributed by atoms with Crippen LogP contribution in [-0.4, -0.2) is 29.9 Å². The minimum Gasteiger partial charge on any atom is -0.612 e. The van der Waals surface area contributed by atoms with E-state index in [9.17, 15) is 9.35 Å². The third-order valence-corrected chi connectivity index (χ3v) is 4.43. The molecule has 1 saturated heterocycles. The van der Waals surface area contributed by atoms with Gasteiger partial charge in [0.25, 0.3) is 0 Å². The molecule has 114 valence electrons. The largest absolute Gasteiger partial charge is 0.612 e. The molecule has 3 atom stereocenters. The standard InChI is InChI=1S/C15H20N2O3S/c1-10-8-15(18)17-16-12(10)6-4-11-5-7-13(20-2)14(9-11)21(3)19/h4-7,9-10,12,16H,8H2,1-3H3,(H,17,18)/b6-4+. The van der Waals surface area contributed by atoms with E-state index in [-0.39, 0.29) is 17.9 Å². The lowest BCUT2D eigenvalue weighted by Gasteiger charge is -2.27. The monoisotopic (exact) mass is 308 g/mol. The Morgan fingerprint density at radius 2 is 2.24 bits per heavy atom. The molecule has 2 rings (SSSR count). The Kier molecular flexibility index (Phi) is 5.27. The SMILES string of the molecule is COc1ccc(/C=C/C2NNC(=O)CC2C)cc1[S+](C)[O-]. The molecule has 1 heterocycles. The van der Waals surface area contributed by atoms with Crippen molar-refractivity contribution in [3.05, 3.63) is 29.8 Å². The second-order valence-corrected chi connectivity index (χ2v) is 6.47. The van der Waals surface area contributed by atoms with Gasteiger partial charge in [0.05, 0.1) is 7.11 Å². The lowest BCUT2D eigenvalue weighted by Crippen LogP contribution is -2.52. The maximum Gasteiger partial charge on any atom is 0.234 e. The molecular formula is C15H20N2O3S. The third kappa shape index (κ3) is 4.00. The number of hydrogen-bond donors (Lipinski definition) is 2. The Labute approximate surface area is 127 Å². The molecule has 0 spiro atoms. The molecule has 0 saturated carbocycles. The highest BCUT2D eigenvalue weighted by Gasteiger charge is 2.23. The fraction of sp³-hybridized carbons (Fsp3) is 0.400. The van der Waals surface area contributed by atoms with Crippen LogP contribution >= 0.6 is 0 Å². The van der Waals surface area contributed by atoms with Crippen LogP contribution in [0.25, 0.3) is 6.08 Å². The average molecular weight is 308 g/mol. The number of methoxy groups -OCH3 is 1. The summed E-state index contributed by atoms with van der Waals surface area (Å²) in [6, 6.07) is 5.67. The first-order chi connectivity index (χ1) is 10.0. The summed E-state index contributed by atoms with van der Waals surface area (Å²) in [5.74, 6) is 0.873. The first-order valence-electron chi connectivity index (χ1n) is 6.75. The summed E-state index contributed by atoms with van der Waals surface area (Å²) < 4.78 is 16.9. The van der Waals surface area contributed by atoms with Crippen LogP contribution in [-0.2, 0) is 16.0 Å². The second kappa shape index (κ2) is 6.98. The van der Waals surface area contributed by atoms with Gasteiger partial charge in [0, 0.05) is 18.5 Å². The van der Waals surface area contributed by atoms with Crippen LogP contribution in [0.15, 0.2) is 29.2 Å². The normalized spacial score (nSPS) is 23.9. The second-order valence-electron chi connectivity index (χ2n) is 5.12. The van der Waals surface area contributed by atoms with E-state index in [2.05, 4.69) is 10.9 Å². The smallest absolute Gasteiger partial charge is 0.234 e. The van der Waals surface area contributed by atoms with Gasteiger partial charge >= 0.3 is 0 Å². The molecule has 0 radical (unpaired) electrons. The van der Waals surface area contributed by atoms with Crippen LogP contribution < -0.4 is 15.6 Å². The van der Waals surface area contributed by atoms with Gasteiger partial charge in [-0.15, -0.1) is 0 Å². The van der Waals surface area contributed by atoms with Gasteiger partial charge < -0.3 is 9.29 Å². The molecule has 3 unspecified atom stereocenters. The number of nitrogens with one attached hydrogen (secondary N) is 2. The van der Waals surface area contributed by atoms with Gasteiger partial charge in [-0.25, -0.2) is 5.43 Å². The van der Waals surface area contributed by atoms with Gasteiger partial charge in [-0.2, -0.15) is 0 Å². The van der Waals surface area contributed by atoms with E-state index < -0.39 is 11.2 Å². The number of rotatable bonds is 4. The number of benzene rings is 1. The zero-order valence-electron chi connectivity index (χ0n) is 12.4. The molecular weight excluding hydrogens is 288 g/mol. The summed E-state index contributed by atoms with van der Waals surface area (Å²) in [6.45, 7) is 2.03. The van der Waals surface area contributed by atoms with Crippen molar-refractivity contribution in [2.75, 3.05) is 13.4 Å². The maximum atomic E-state index is 11.7. The average Bonchev–Trinajstić information content (AvgIpc) is 2.46. The van der Waals surface area contributed by atoms with Crippen LogP contribution in [0.5, 0.6) is 5.75 Å². The van der Waals surface area contributed by atoms with Crippen LogP contribution in [0.4, 0.5) is 0 Å². The summed E-state index contributed by atoms with van der Waals surface area (Å²) in [6.07, 6.45) is 6.11. The Hall–Kier alpha value is -1.50. The topological polar surface area (TPSA) is 73.4 Å². The number of hydrogen-bond acceptors (Lipinski definition) is 4. The number of amides is 1. The molecule has 2 N–H and O–H groups in total. The predicted molar refractivity (Wildman–Crippen MR) is 83.2 cm³/mol. The van der Waals surface area contributed by atoms with Gasteiger partial charge in [0.2, 0.25) is 5.91 Å². The Bertz CT molecular complexity index is 546. The van der Waals surface area contributed by atoms with Gasteiger partial charge in [0.15, 0.2) is 10.6 Å². The van der Waals surface area contributed by atoms with E-state index in [1.54, 1.807) is 13.4 Å². The molecule has 5 nitrogen and oxygen atoms in total. The van der Waals surface area contributed by atoms with Crippen molar-refractivity contribution in [2.45, 2.75) is 24.3 Å². The Balaban J connectivity index is 2.14. The first-order valence-corrected chi connectivity index (χ1v) is 8.31. The molecule has 0 aromatic heterocycles. The van der Waals surface area contributed by atoms with Crippen LogP contribution in [0.1, 0.15) is 18.9 Å². The van der Waals surface area contributed by atoms with Crippen molar-refractivity contribution in [1.29, 1.82) is 0 Å². The van der Waals surface area contributed by atoms with E-state index in [4.69, 9.17) is 4.74 Å².